The van der Waals surface area contributed by atoms with Crippen LogP contribution >= 0.6 is 0 Å². The Morgan fingerprint density at radius 2 is 2.40 bits per heavy atom. The summed E-state index contributed by atoms with van der Waals surface area (Å²) in [6.07, 6.45) is 5.37. The zero-order chi connectivity index (χ0) is 11.3. The summed E-state index contributed by atoms with van der Waals surface area (Å²) in [5, 5.41) is 7.39. The molecule has 1 heterocycles. The van der Waals surface area contributed by atoms with Crippen LogP contribution in [0.3, 0.4) is 0 Å². The maximum atomic E-state index is 7.39. The van der Waals surface area contributed by atoms with Gasteiger partial charge in [-0.2, -0.15) is 0 Å². The Morgan fingerprint density at radius 3 is 3.00 bits per heavy atom. The molecule has 0 radical (unpaired) electrons. The lowest BCUT2D eigenvalue weighted by atomic mass is 10.2. The number of ether oxygens (including phenoxy) is 1. The van der Waals surface area contributed by atoms with Crippen LogP contribution in [0.25, 0.3) is 0 Å². The van der Waals surface area contributed by atoms with Gasteiger partial charge in [0.2, 0.25) is 0 Å². The molecule has 1 rings (SSSR count). The lowest BCUT2D eigenvalue weighted by molar-refractivity contribution is 0.209. The van der Waals surface area contributed by atoms with Crippen molar-refractivity contribution in [1.29, 1.82) is 5.41 Å². The summed E-state index contributed by atoms with van der Waals surface area (Å²) < 4.78 is 5.66. The number of rotatable bonds is 5. The van der Waals surface area contributed by atoms with Gasteiger partial charge in [-0.1, -0.05) is 13.3 Å². The largest absolute Gasteiger partial charge is 0.488 e. The van der Waals surface area contributed by atoms with Gasteiger partial charge in [-0.15, -0.1) is 0 Å². The molecular weight excluding hydrogens is 190 g/mol. The van der Waals surface area contributed by atoms with Crippen LogP contribution in [0.4, 0.5) is 0 Å². The molecule has 82 valence electrons. The number of hydrogen-bond donors (Lipinski definition) is 2. The second-order valence-corrected chi connectivity index (χ2v) is 3.50. The number of nitrogens with one attached hydrogen (secondary N) is 1. The van der Waals surface area contributed by atoms with Crippen molar-refractivity contribution in [3.63, 3.8) is 0 Å². The SMILES string of the molecule is CCCC(C)Oc1cnccc1C(=N)N. The summed E-state index contributed by atoms with van der Waals surface area (Å²) in [6, 6.07) is 1.69. The molecule has 0 saturated carbocycles. The second kappa shape index (κ2) is 5.34. The lowest BCUT2D eigenvalue weighted by Crippen LogP contribution is -2.17. The molecular formula is C11H17N3O. The third-order valence-corrected chi connectivity index (χ3v) is 2.10. The predicted molar refractivity (Wildman–Crippen MR) is 60.3 cm³/mol. The van der Waals surface area contributed by atoms with Crippen molar-refractivity contribution < 1.29 is 4.74 Å². The highest BCUT2D eigenvalue weighted by Gasteiger charge is 2.09. The van der Waals surface area contributed by atoms with Gasteiger partial charge in [0.15, 0.2) is 0 Å². The van der Waals surface area contributed by atoms with Crippen LogP contribution in [-0.4, -0.2) is 16.9 Å². The number of hydrogen-bond acceptors (Lipinski definition) is 3. The Kier molecular flexibility index (Phi) is 4.09. The van der Waals surface area contributed by atoms with Gasteiger partial charge in [0.05, 0.1) is 17.9 Å². The quantitative estimate of drug-likeness (QED) is 0.572. The summed E-state index contributed by atoms with van der Waals surface area (Å²) in [4.78, 5) is 3.96. The maximum Gasteiger partial charge on any atom is 0.148 e. The summed E-state index contributed by atoms with van der Waals surface area (Å²) in [6.45, 7) is 4.11. The molecule has 0 aliphatic heterocycles. The predicted octanol–water partition coefficient (Wildman–Crippen LogP) is 1.93. The molecule has 0 saturated heterocycles. The average Bonchev–Trinajstić information content (AvgIpc) is 2.18. The molecule has 0 aromatic carbocycles. The van der Waals surface area contributed by atoms with E-state index in [1.165, 1.54) is 0 Å². The fourth-order valence-corrected chi connectivity index (χ4v) is 1.38. The van der Waals surface area contributed by atoms with E-state index in [4.69, 9.17) is 15.9 Å². The second-order valence-electron chi connectivity index (χ2n) is 3.50. The summed E-state index contributed by atoms with van der Waals surface area (Å²) in [5.41, 5.74) is 6.04. The number of aromatic nitrogens is 1. The van der Waals surface area contributed by atoms with Crippen molar-refractivity contribution >= 4 is 5.84 Å². The topological polar surface area (TPSA) is 72.0 Å². The van der Waals surface area contributed by atoms with Crippen molar-refractivity contribution in [2.45, 2.75) is 32.8 Å². The summed E-state index contributed by atoms with van der Waals surface area (Å²) in [5.74, 6) is 0.599. The average molecular weight is 207 g/mol. The highest BCUT2D eigenvalue weighted by atomic mass is 16.5. The molecule has 1 aromatic heterocycles. The standard InChI is InChI=1S/C11H17N3O/c1-3-4-8(2)15-10-7-14-6-5-9(10)11(12)13/h5-8H,3-4H2,1-2H3,(H3,12,13). The van der Waals surface area contributed by atoms with E-state index in [1.807, 2.05) is 6.92 Å². The Labute approximate surface area is 90.0 Å². The molecule has 4 heteroatoms. The summed E-state index contributed by atoms with van der Waals surface area (Å²) >= 11 is 0. The normalized spacial score (nSPS) is 12.1. The molecule has 1 atom stereocenters. The fraction of sp³-hybridized carbons (Fsp3) is 0.455. The van der Waals surface area contributed by atoms with Crippen LogP contribution in [-0.2, 0) is 0 Å². The minimum Gasteiger partial charge on any atom is -0.488 e. The van der Waals surface area contributed by atoms with Crippen molar-refractivity contribution in [3.05, 3.63) is 24.0 Å². The van der Waals surface area contributed by atoms with Crippen molar-refractivity contribution in [1.82, 2.24) is 4.98 Å². The van der Waals surface area contributed by atoms with Crippen LogP contribution in [0.5, 0.6) is 5.75 Å². The fourth-order valence-electron chi connectivity index (χ4n) is 1.38. The first-order valence-corrected chi connectivity index (χ1v) is 5.10. The third kappa shape index (κ3) is 3.23. The zero-order valence-electron chi connectivity index (χ0n) is 9.16. The van der Waals surface area contributed by atoms with E-state index in [-0.39, 0.29) is 11.9 Å². The van der Waals surface area contributed by atoms with E-state index in [1.54, 1.807) is 18.5 Å². The Bertz CT molecular complexity index is 338. The van der Waals surface area contributed by atoms with E-state index in [9.17, 15) is 0 Å². The number of pyridine rings is 1. The van der Waals surface area contributed by atoms with Gasteiger partial charge in [-0.05, 0) is 19.4 Å². The molecule has 0 aliphatic rings. The van der Waals surface area contributed by atoms with E-state index in [0.717, 1.165) is 12.8 Å². The van der Waals surface area contributed by atoms with Gasteiger partial charge in [-0.25, -0.2) is 0 Å². The van der Waals surface area contributed by atoms with Gasteiger partial charge in [0, 0.05) is 6.20 Å². The first-order valence-electron chi connectivity index (χ1n) is 5.10. The van der Waals surface area contributed by atoms with Crippen molar-refractivity contribution in [2.24, 2.45) is 5.73 Å². The van der Waals surface area contributed by atoms with Crippen LogP contribution in [0, 0.1) is 5.41 Å². The number of nitrogens with two attached hydrogens (primary N) is 1. The van der Waals surface area contributed by atoms with Crippen molar-refractivity contribution in [2.75, 3.05) is 0 Å². The van der Waals surface area contributed by atoms with Crippen LogP contribution in [0.15, 0.2) is 18.5 Å². The van der Waals surface area contributed by atoms with Crippen molar-refractivity contribution in [3.8, 4) is 5.75 Å². The third-order valence-electron chi connectivity index (χ3n) is 2.10. The molecule has 3 N–H and O–H groups in total. The lowest BCUT2D eigenvalue weighted by Gasteiger charge is -2.15. The van der Waals surface area contributed by atoms with E-state index < -0.39 is 0 Å². The maximum absolute atomic E-state index is 7.39. The van der Waals surface area contributed by atoms with Gasteiger partial charge in [0.1, 0.15) is 11.6 Å². The molecule has 0 spiro atoms. The van der Waals surface area contributed by atoms with Crippen LogP contribution < -0.4 is 10.5 Å². The van der Waals surface area contributed by atoms with E-state index in [0.29, 0.717) is 11.3 Å². The minimum atomic E-state index is 0.0103. The van der Waals surface area contributed by atoms with Gasteiger partial charge < -0.3 is 10.5 Å². The number of nitrogen functional groups attached to an aromatic ring is 1. The van der Waals surface area contributed by atoms with E-state index in [2.05, 4.69) is 11.9 Å². The Morgan fingerprint density at radius 1 is 1.67 bits per heavy atom. The molecule has 1 aromatic rings. The summed E-state index contributed by atoms with van der Waals surface area (Å²) in [7, 11) is 0. The van der Waals surface area contributed by atoms with Gasteiger partial charge in [0.25, 0.3) is 0 Å². The molecule has 0 fully saturated rings. The molecule has 1 unspecified atom stereocenters. The first kappa shape index (κ1) is 11.5. The molecule has 15 heavy (non-hydrogen) atoms. The molecule has 0 amide bonds. The first-order chi connectivity index (χ1) is 7.15. The molecule has 0 aliphatic carbocycles. The Balaban J connectivity index is 2.79. The zero-order valence-corrected chi connectivity index (χ0v) is 9.16. The van der Waals surface area contributed by atoms with Crippen LogP contribution in [0.2, 0.25) is 0 Å². The van der Waals surface area contributed by atoms with Crippen LogP contribution in [0.1, 0.15) is 32.3 Å². The highest BCUT2D eigenvalue weighted by Crippen LogP contribution is 2.18. The Hall–Kier alpha value is -1.58. The number of nitrogens with zero attached hydrogens (tertiary/aromatic N) is 1. The van der Waals surface area contributed by atoms with E-state index >= 15 is 0 Å². The number of amidine groups is 1. The van der Waals surface area contributed by atoms with Gasteiger partial charge in [-0.3, -0.25) is 10.4 Å². The van der Waals surface area contributed by atoms with Gasteiger partial charge >= 0.3 is 0 Å². The monoisotopic (exact) mass is 207 g/mol. The molecule has 4 nitrogen and oxygen atoms in total. The highest BCUT2D eigenvalue weighted by molar-refractivity contribution is 5.97. The smallest absolute Gasteiger partial charge is 0.148 e. The molecule has 0 bridgehead atoms. The minimum absolute atomic E-state index is 0.0103.